The second-order valence-electron chi connectivity index (χ2n) is 4.34. The van der Waals surface area contributed by atoms with Gasteiger partial charge in [0.15, 0.2) is 0 Å². The van der Waals surface area contributed by atoms with Crippen molar-refractivity contribution >= 4 is 0 Å². The van der Waals surface area contributed by atoms with Gasteiger partial charge in [-0.15, -0.1) is 0 Å². The molecule has 3 nitrogen and oxygen atoms in total. The molecule has 0 radical (unpaired) electrons. The predicted octanol–water partition coefficient (Wildman–Crippen LogP) is 1.35. The Hall–Kier alpha value is -0.900. The van der Waals surface area contributed by atoms with E-state index in [4.69, 9.17) is 5.11 Å². The lowest BCUT2D eigenvalue weighted by atomic mass is 10.0. The van der Waals surface area contributed by atoms with Gasteiger partial charge in [-0.3, -0.25) is 0 Å². The third-order valence-corrected chi connectivity index (χ3v) is 2.81. The van der Waals surface area contributed by atoms with Crippen LogP contribution < -0.4 is 10.6 Å². The predicted molar refractivity (Wildman–Crippen MR) is 72.3 cm³/mol. The zero-order chi connectivity index (χ0) is 12.3. The third-order valence-electron chi connectivity index (χ3n) is 2.81. The smallest absolute Gasteiger partial charge is 0.0555 e. The fourth-order valence-electron chi connectivity index (χ4n) is 1.76. The Labute approximate surface area is 104 Å². The molecule has 17 heavy (non-hydrogen) atoms. The fourth-order valence-corrected chi connectivity index (χ4v) is 1.76. The molecule has 0 heterocycles. The molecule has 0 spiro atoms. The molecule has 0 bridgehead atoms. The SMILES string of the molecule is CC(CNCCCNCCO)c1ccccc1. The molecule has 96 valence electrons. The summed E-state index contributed by atoms with van der Waals surface area (Å²) in [6.07, 6.45) is 1.10. The van der Waals surface area contributed by atoms with E-state index >= 15 is 0 Å². The highest BCUT2D eigenvalue weighted by Crippen LogP contribution is 2.12. The van der Waals surface area contributed by atoms with Gasteiger partial charge in [0.25, 0.3) is 0 Å². The lowest BCUT2D eigenvalue weighted by molar-refractivity contribution is 0.292. The van der Waals surface area contributed by atoms with E-state index in [1.165, 1.54) is 5.56 Å². The van der Waals surface area contributed by atoms with Crippen molar-refractivity contribution in [2.75, 3.05) is 32.8 Å². The van der Waals surface area contributed by atoms with E-state index < -0.39 is 0 Å². The summed E-state index contributed by atoms with van der Waals surface area (Å²) in [6, 6.07) is 10.6. The van der Waals surface area contributed by atoms with Crippen LogP contribution in [0.3, 0.4) is 0 Å². The number of rotatable bonds is 9. The quantitative estimate of drug-likeness (QED) is 0.567. The Balaban J connectivity index is 2.03. The van der Waals surface area contributed by atoms with Crippen molar-refractivity contribution in [1.82, 2.24) is 10.6 Å². The average molecular weight is 236 g/mol. The van der Waals surface area contributed by atoms with Crippen molar-refractivity contribution in [2.24, 2.45) is 0 Å². The second kappa shape index (κ2) is 9.16. The Bertz CT molecular complexity index is 277. The molecule has 1 unspecified atom stereocenters. The molecule has 0 saturated heterocycles. The van der Waals surface area contributed by atoms with Crippen LogP contribution >= 0.6 is 0 Å². The molecule has 0 aromatic heterocycles. The lowest BCUT2D eigenvalue weighted by Crippen LogP contribution is -2.26. The monoisotopic (exact) mass is 236 g/mol. The normalized spacial score (nSPS) is 12.6. The number of aliphatic hydroxyl groups is 1. The summed E-state index contributed by atoms with van der Waals surface area (Å²) in [7, 11) is 0. The second-order valence-corrected chi connectivity index (χ2v) is 4.34. The summed E-state index contributed by atoms with van der Waals surface area (Å²) < 4.78 is 0. The van der Waals surface area contributed by atoms with Crippen LogP contribution in [0.25, 0.3) is 0 Å². The Morgan fingerprint density at radius 2 is 1.76 bits per heavy atom. The van der Waals surface area contributed by atoms with Crippen molar-refractivity contribution in [1.29, 1.82) is 0 Å². The summed E-state index contributed by atoms with van der Waals surface area (Å²) >= 11 is 0. The Kier molecular flexibility index (Phi) is 7.63. The van der Waals surface area contributed by atoms with E-state index in [9.17, 15) is 0 Å². The van der Waals surface area contributed by atoms with Gasteiger partial charge in [0.05, 0.1) is 6.61 Å². The molecule has 0 fully saturated rings. The molecule has 3 heteroatoms. The molecule has 0 aliphatic heterocycles. The number of benzene rings is 1. The summed E-state index contributed by atoms with van der Waals surface area (Å²) in [5, 5.41) is 15.2. The van der Waals surface area contributed by atoms with Gasteiger partial charge in [0.1, 0.15) is 0 Å². The molecular formula is C14H24N2O. The molecule has 1 aromatic carbocycles. The van der Waals surface area contributed by atoms with Crippen LogP contribution in [-0.2, 0) is 0 Å². The van der Waals surface area contributed by atoms with Crippen molar-refractivity contribution in [2.45, 2.75) is 19.3 Å². The first-order chi connectivity index (χ1) is 8.34. The Morgan fingerprint density at radius 3 is 2.47 bits per heavy atom. The van der Waals surface area contributed by atoms with Crippen LogP contribution in [0.5, 0.6) is 0 Å². The van der Waals surface area contributed by atoms with Gasteiger partial charge in [0, 0.05) is 13.1 Å². The number of hydrogen-bond acceptors (Lipinski definition) is 3. The maximum atomic E-state index is 8.59. The van der Waals surface area contributed by atoms with E-state index in [1.54, 1.807) is 0 Å². The minimum atomic E-state index is 0.221. The standard InChI is InChI=1S/C14H24N2O/c1-13(14-6-3-2-4-7-14)12-16-9-5-8-15-10-11-17/h2-4,6-7,13,15-17H,5,8-12H2,1H3. The first kappa shape index (κ1) is 14.2. The van der Waals surface area contributed by atoms with E-state index in [-0.39, 0.29) is 6.61 Å². The van der Waals surface area contributed by atoms with Gasteiger partial charge in [-0.1, -0.05) is 37.3 Å². The van der Waals surface area contributed by atoms with Gasteiger partial charge in [-0.25, -0.2) is 0 Å². The number of aliphatic hydroxyl groups excluding tert-OH is 1. The molecule has 1 atom stereocenters. The van der Waals surface area contributed by atoms with Gasteiger partial charge in [0.2, 0.25) is 0 Å². The average Bonchev–Trinajstić information content (AvgIpc) is 2.38. The fraction of sp³-hybridized carbons (Fsp3) is 0.571. The van der Waals surface area contributed by atoms with Crippen LogP contribution in [0.4, 0.5) is 0 Å². The molecule has 0 aliphatic carbocycles. The summed E-state index contributed by atoms with van der Waals surface area (Å²) in [4.78, 5) is 0. The molecule has 1 aromatic rings. The summed E-state index contributed by atoms with van der Waals surface area (Å²) in [5.41, 5.74) is 1.39. The maximum absolute atomic E-state index is 8.59. The largest absolute Gasteiger partial charge is 0.395 e. The van der Waals surface area contributed by atoms with Crippen LogP contribution in [-0.4, -0.2) is 37.9 Å². The zero-order valence-corrected chi connectivity index (χ0v) is 10.7. The van der Waals surface area contributed by atoms with Gasteiger partial charge < -0.3 is 15.7 Å². The van der Waals surface area contributed by atoms with E-state index in [0.29, 0.717) is 12.5 Å². The topological polar surface area (TPSA) is 44.3 Å². The number of hydrogen-bond donors (Lipinski definition) is 3. The van der Waals surface area contributed by atoms with Crippen LogP contribution in [0.15, 0.2) is 30.3 Å². The van der Waals surface area contributed by atoms with Crippen LogP contribution in [0.1, 0.15) is 24.8 Å². The van der Waals surface area contributed by atoms with Crippen molar-refractivity contribution in [3.8, 4) is 0 Å². The highest BCUT2D eigenvalue weighted by molar-refractivity contribution is 5.18. The first-order valence-corrected chi connectivity index (χ1v) is 6.42. The van der Waals surface area contributed by atoms with E-state index in [2.05, 4.69) is 47.9 Å². The number of nitrogens with one attached hydrogen (secondary N) is 2. The van der Waals surface area contributed by atoms with Crippen molar-refractivity contribution in [3.63, 3.8) is 0 Å². The molecule has 0 saturated carbocycles. The highest BCUT2D eigenvalue weighted by Gasteiger charge is 2.03. The molecule has 3 N–H and O–H groups in total. The van der Waals surface area contributed by atoms with Crippen LogP contribution in [0.2, 0.25) is 0 Å². The first-order valence-electron chi connectivity index (χ1n) is 6.42. The Morgan fingerprint density at radius 1 is 1.06 bits per heavy atom. The van der Waals surface area contributed by atoms with Crippen molar-refractivity contribution in [3.05, 3.63) is 35.9 Å². The molecule has 0 aliphatic rings. The minimum Gasteiger partial charge on any atom is -0.395 e. The van der Waals surface area contributed by atoms with Crippen LogP contribution in [0, 0.1) is 0 Å². The van der Waals surface area contributed by atoms with Crippen molar-refractivity contribution < 1.29 is 5.11 Å². The maximum Gasteiger partial charge on any atom is 0.0555 e. The molecule has 0 amide bonds. The van der Waals surface area contributed by atoms with E-state index in [0.717, 1.165) is 26.1 Å². The molecule has 1 rings (SSSR count). The van der Waals surface area contributed by atoms with Gasteiger partial charge in [-0.05, 0) is 31.0 Å². The van der Waals surface area contributed by atoms with Gasteiger partial charge in [-0.2, -0.15) is 0 Å². The van der Waals surface area contributed by atoms with Gasteiger partial charge >= 0.3 is 0 Å². The third kappa shape index (κ3) is 6.41. The highest BCUT2D eigenvalue weighted by atomic mass is 16.3. The van der Waals surface area contributed by atoms with E-state index in [1.807, 2.05) is 0 Å². The molecular weight excluding hydrogens is 212 g/mol. The summed E-state index contributed by atoms with van der Waals surface area (Å²) in [6.45, 7) is 6.16. The summed E-state index contributed by atoms with van der Waals surface area (Å²) in [5.74, 6) is 0.557. The minimum absolute atomic E-state index is 0.221. The zero-order valence-electron chi connectivity index (χ0n) is 10.7. The lowest BCUT2D eigenvalue weighted by Gasteiger charge is -2.13.